The van der Waals surface area contributed by atoms with Crippen LogP contribution in [0.5, 0.6) is 0 Å². The summed E-state index contributed by atoms with van der Waals surface area (Å²) in [4.78, 5) is 4.47. The molecule has 3 nitrogen and oxygen atoms in total. The molecule has 3 aromatic rings. The largest absolute Gasteiger partial charge is 0.463 e. The first-order valence-corrected chi connectivity index (χ1v) is 4.82. The van der Waals surface area contributed by atoms with Crippen LogP contribution in [0.15, 0.2) is 47.3 Å². The Balaban J connectivity index is 2.22. The molecular weight excluding hydrogens is 188 g/mol. The smallest absolute Gasteiger partial charge is 0.153 e. The van der Waals surface area contributed by atoms with E-state index in [4.69, 9.17) is 4.42 Å². The van der Waals surface area contributed by atoms with E-state index in [1.54, 1.807) is 6.26 Å². The maximum Gasteiger partial charge on any atom is 0.153 e. The summed E-state index contributed by atoms with van der Waals surface area (Å²) in [7, 11) is 0. The van der Waals surface area contributed by atoms with Crippen LogP contribution in [-0.4, -0.2) is 9.38 Å². The Morgan fingerprint density at radius 2 is 2.13 bits per heavy atom. The summed E-state index contributed by atoms with van der Waals surface area (Å²) in [5, 5.41) is 0. The van der Waals surface area contributed by atoms with Crippen molar-refractivity contribution in [1.29, 1.82) is 0 Å². The second kappa shape index (κ2) is 2.98. The first-order valence-electron chi connectivity index (χ1n) is 4.82. The number of aryl methyl sites for hydroxylation is 1. The highest BCUT2D eigenvalue weighted by atomic mass is 16.3. The zero-order chi connectivity index (χ0) is 10.3. The van der Waals surface area contributed by atoms with Crippen molar-refractivity contribution in [3.05, 3.63) is 48.5 Å². The summed E-state index contributed by atoms with van der Waals surface area (Å²) < 4.78 is 7.31. The summed E-state index contributed by atoms with van der Waals surface area (Å²) in [5.74, 6) is 0.802. The van der Waals surface area contributed by atoms with Gasteiger partial charge in [-0.3, -0.25) is 0 Å². The van der Waals surface area contributed by atoms with Gasteiger partial charge in [-0.15, -0.1) is 0 Å². The number of rotatable bonds is 1. The molecule has 0 N–H and O–H groups in total. The van der Waals surface area contributed by atoms with Crippen LogP contribution in [0.2, 0.25) is 0 Å². The fourth-order valence-corrected chi connectivity index (χ4v) is 1.65. The van der Waals surface area contributed by atoms with Crippen molar-refractivity contribution in [2.24, 2.45) is 0 Å². The second-order valence-corrected chi connectivity index (χ2v) is 3.58. The van der Waals surface area contributed by atoms with Gasteiger partial charge in [-0.2, -0.15) is 0 Å². The first kappa shape index (κ1) is 8.29. The number of hydrogen-bond acceptors (Lipinski definition) is 2. The Hall–Kier alpha value is -2.03. The predicted molar refractivity (Wildman–Crippen MR) is 57.6 cm³/mol. The van der Waals surface area contributed by atoms with E-state index < -0.39 is 0 Å². The lowest BCUT2D eigenvalue weighted by molar-refractivity contribution is 0.580. The molecule has 0 spiro atoms. The standard InChI is InChI=1S/C12H10N2O/c1-9-4-5-12-13-10(8-14(12)7-9)11-3-2-6-15-11/h2-8H,1H3. The monoisotopic (exact) mass is 198 g/mol. The number of imidazole rings is 1. The summed E-state index contributed by atoms with van der Waals surface area (Å²) >= 11 is 0. The number of furan rings is 1. The fraction of sp³-hybridized carbons (Fsp3) is 0.0833. The lowest BCUT2D eigenvalue weighted by atomic mass is 10.3. The van der Waals surface area contributed by atoms with Crippen molar-refractivity contribution in [2.45, 2.75) is 6.92 Å². The van der Waals surface area contributed by atoms with Gasteiger partial charge in [0.05, 0.1) is 6.26 Å². The summed E-state index contributed by atoms with van der Waals surface area (Å²) in [6.07, 6.45) is 5.68. The quantitative estimate of drug-likeness (QED) is 0.601. The molecule has 3 heteroatoms. The molecule has 0 aliphatic rings. The molecule has 0 aliphatic carbocycles. The maximum atomic E-state index is 5.30. The van der Waals surface area contributed by atoms with Gasteiger partial charge in [0.15, 0.2) is 5.76 Å². The molecule has 3 heterocycles. The van der Waals surface area contributed by atoms with Gasteiger partial charge in [0.2, 0.25) is 0 Å². The molecular formula is C12H10N2O. The summed E-state index contributed by atoms with van der Waals surface area (Å²) in [6.45, 7) is 2.06. The maximum absolute atomic E-state index is 5.30. The number of pyridine rings is 1. The molecule has 0 amide bonds. The zero-order valence-corrected chi connectivity index (χ0v) is 8.34. The van der Waals surface area contributed by atoms with Crippen molar-refractivity contribution >= 4 is 5.65 Å². The predicted octanol–water partition coefficient (Wildman–Crippen LogP) is 2.90. The van der Waals surface area contributed by atoms with Gasteiger partial charge in [0.1, 0.15) is 11.3 Å². The molecule has 0 unspecified atom stereocenters. The molecule has 0 radical (unpaired) electrons. The Bertz CT molecular complexity index is 593. The molecule has 15 heavy (non-hydrogen) atoms. The minimum Gasteiger partial charge on any atom is -0.463 e. The Morgan fingerprint density at radius 3 is 2.93 bits per heavy atom. The van der Waals surface area contributed by atoms with E-state index in [0.29, 0.717) is 0 Å². The SMILES string of the molecule is Cc1ccc2nc(-c3ccco3)cn2c1. The third kappa shape index (κ3) is 1.32. The minimum atomic E-state index is 0.802. The van der Waals surface area contributed by atoms with Gasteiger partial charge in [-0.05, 0) is 30.7 Å². The summed E-state index contributed by atoms with van der Waals surface area (Å²) in [6, 6.07) is 7.83. The Kier molecular flexibility index (Phi) is 1.65. The van der Waals surface area contributed by atoms with Crippen LogP contribution in [0.25, 0.3) is 17.1 Å². The molecule has 0 saturated carbocycles. The van der Waals surface area contributed by atoms with Crippen LogP contribution in [0, 0.1) is 6.92 Å². The number of nitrogens with zero attached hydrogens (tertiary/aromatic N) is 2. The van der Waals surface area contributed by atoms with Gasteiger partial charge in [-0.25, -0.2) is 4.98 Å². The molecule has 74 valence electrons. The number of hydrogen-bond donors (Lipinski definition) is 0. The van der Waals surface area contributed by atoms with E-state index in [1.807, 2.05) is 34.9 Å². The average molecular weight is 198 g/mol. The molecule has 3 rings (SSSR count). The van der Waals surface area contributed by atoms with Crippen LogP contribution in [0.1, 0.15) is 5.56 Å². The minimum absolute atomic E-state index is 0.802. The van der Waals surface area contributed by atoms with E-state index in [-0.39, 0.29) is 0 Å². The lowest BCUT2D eigenvalue weighted by Crippen LogP contribution is -1.82. The van der Waals surface area contributed by atoms with Crippen LogP contribution in [0.4, 0.5) is 0 Å². The fourth-order valence-electron chi connectivity index (χ4n) is 1.65. The van der Waals surface area contributed by atoms with E-state index in [9.17, 15) is 0 Å². The van der Waals surface area contributed by atoms with Crippen LogP contribution in [-0.2, 0) is 0 Å². The Labute approximate surface area is 87.0 Å². The van der Waals surface area contributed by atoms with Crippen molar-refractivity contribution in [1.82, 2.24) is 9.38 Å². The van der Waals surface area contributed by atoms with Crippen molar-refractivity contribution in [3.63, 3.8) is 0 Å². The number of fused-ring (bicyclic) bond motifs is 1. The van der Waals surface area contributed by atoms with Crippen LogP contribution >= 0.6 is 0 Å². The van der Waals surface area contributed by atoms with Crippen molar-refractivity contribution in [2.75, 3.05) is 0 Å². The van der Waals surface area contributed by atoms with Crippen molar-refractivity contribution < 1.29 is 4.42 Å². The van der Waals surface area contributed by atoms with Crippen molar-refractivity contribution in [3.8, 4) is 11.5 Å². The first-order chi connectivity index (χ1) is 7.33. The van der Waals surface area contributed by atoms with Crippen LogP contribution in [0.3, 0.4) is 0 Å². The van der Waals surface area contributed by atoms with Gasteiger partial charge in [-0.1, -0.05) is 6.07 Å². The molecule has 0 aliphatic heterocycles. The third-order valence-corrected chi connectivity index (χ3v) is 2.37. The highest BCUT2D eigenvalue weighted by molar-refractivity contribution is 5.57. The molecule has 0 atom stereocenters. The van der Waals surface area contributed by atoms with E-state index in [1.165, 1.54) is 5.56 Å². The summed E-state index contributed by atoms with van der Waals surface area (Å²) in [5.41, 5.74) is 3.02. The molecule has 0 fully saturated rings. The second-order valence-electron chi connectivity index (χ2n) is 3.58. The van der Waals surface area contributed by atoms with E-state index >= 15 is 0 Å². The molecule has 0 saturated heterocycles. The Morgan fingerprint density at radius 1 is 1.20 bits per heavy atom. The normalized spacial score (nSPS) is 11.0. The van der Waals surface area contributed by atoms with Crippen LogP contribution < -0.4 is 0 Å². The number of aromatic nitrogens is 2. The highest BCUT2D eigenvalue weighted by Gasteiger charge is 2.05. The average Bonchev–Trinajstić information content (AvgIpc) is 2.84. The molecule has 3 aromatic heterocycles. The van der Waals surface area contributed by atoms with Gasteiger partial charge in [0, 0.05) is 12.4 Å². The van der Waals surface area contributed by atoms with E-state index in [0.717, 1.165) is 17.1 Å². The highest BCUT2D eigenvalue weighted by Crippen LogP contribution is 2.19. The topological polar surface area (TPSA) is 30.4 Å². The molecule has 0 aromatic carbocycles. The lowest BCUT2D eigenvalue weighted by Gasteiger charge is -1.92. The van der Waals surface area contributed by atoms with Gasteiger partial charge < -0.3 is 8.82 Å². The van der Waals surface area contributed by atoms with Gasteiger partial charge in [0.25, 0.3) is 0 Å². The van der Waals surface area contributed by atoms with E-state index in [2.05, 4.69) is 18.1 Å². The zero-order valence-electron chi connectivity index (χ0n) is 8.34. The van der Waals surface area contributed by atoms with Gasteiger partial charge >= 0.3 is 0 Å². The molecule has 0 bridgehead atoms. The third-order valence-electron chi connectivity index (χ3n) is 2.37.